The predicted octanol–water partition coefficient (Wildman–Crippen LogP) is 2.41. The smallest absolute Gasteiger partial charge is 0.270 e. The van der Waals surface area contributed by atoms with Crippen molar-refractivity contribution < 1.29 is 18.3 Å². The number of hydrogen-bond acceptors (Lipinski definition) is 5. The van der Waals surface area contributed by atoms with Gasteiger partial charge in [-0.15, -0.1) is 0 Å². The van der Waals surface area contributed by atoms with Gasteiger partial charge in [-0.25, -0.2) is 18.7 Å². The van der Waals surface area contributed by atoms with Gasteiger partial charge in [0.2, 0.25) is 5.95 Å². The molecule has 0 aliphatic carbocycles. The maximum absolute atomic E-state index is 13.6. The van der Waals surface area contributed by atoms with Crippen molar-refractivity contribution in [3.8, 4) is 0 Å². The lowest BCUT2D eigenvalue weighted by Gasteiger charge is -2.11. The van der Waals surface area contributed by atoms with E-state index < -0.39 is 11.6 Å². The zero-order valence-electron chi connectivity index (χ0n) is 12.8. The number of anilines is 2. The maximum Gasteiger partial charge on any atom is 0.270 e. The van der Waals surface area contributed by atoms with Crippen molar-refractivity contribution >= 4 is 17.5 Å². The maximum atomic E-state index is 13.6. The third kappa shape index (κ3) is 4.02. The quantitative estimate of drug-likeness (QED) is 0.878. The molecule has 1 amide bonds. The highest BCUT2D eigenvalue weighted by molar-refractivity contribution is 5.92. The van der Waals surface area contributed by atoms with E-state index in [-0.39, 0.29) is 29.3 Å². The van der Waals surface area contributed by atoms with Gasteiger partial charge in [-0.3, -0.25) is 4.79 Å². The van der Waals surface area contributed by atoms with Gasteiger partial charge in [-0.1, -0.05) is 0 Å². The molecule has 1 aliphatic heterocycles. The topological polar surface area (TPSA) is 76.1 Å². The van der Waals surface area contributed by atoms with Gasteiger partial charge in [0, 0.05) is 25.4 Å². The fourth-order valence-corrected chi connectivity index (χ4v) is 2.36. The van der Waals surface area contributed by atoms with Crippen molar-refractivity contribution in [3.05, 3.63) is 47.8 Å². The van der Waals surface area contributed by atoms with Crippen molar-refractivity contribution in [2.24, 2.45) is 0 Å². The van der Waals surface area contributed by atoms with E-state index in [1.807, 2.05) is 0 Å². The minimum atomic E-state index is -0.771. The van der Waals surface area contributed by atoms with E-state index in [0.717, 1.165) is 25.0 Å². The Labute approximate surface area is 137 Å². The van der Waals surface area contributed by atoms with Crippen molar-refractivity contribution in [3.63, 3.8) is 0 Å². The van der Waals surface area contributed by atoms with Crippen LogP contribution in [0.1, 0.15) is 23.3 Å². The molecule has 126 valence electrons. The summed E-state index contributed by atoms with van der Waals surface area (Å²) in [6.07, 6.45) is 3.32. The standard InChI is InChI=1S/C16H16F2N4O2/c17-10-3-4-13(12(18)8-10)21-16-19-6-5-14(22-16)15(23)20-9-11-2-1-7-24-11/h3-6,8,11H,1-2,7,9H2,(H,20,23)(H,19,21,22). The number of amides is 1. The molecule has 0 saturated carbocycles. The minimum absolute atomic E-state index is 0.0216. The average molecular weight is 334 g/mol. The SMILES string of the molecule is O=C(NCC1CCCO1)c1ccnc(Nc2ccc(F)cc2F)n1. The lowest BCUT2D eigenvalue weighted by molar-refractivity contribution is 0.0853. The normalized spacial score (nSPS) is 16.8. The van der Waals surface area contributed by atoms with Crippen LogP contribution in [0.4, 0.5) is 20.4 Å². The number of carbonyl (C=O) groups is 1. The van der Waals surface area contributed by atoms with Gasteiger partial charge >= 0.3 is 0 Å². The Bertz CT molecular complexity index is 736. The summed E-state index contributed by atoms with van der Waals surface area (Å²) in [6, 6.07) is 4.55. The number of nitrogens with zero attached hydrogens (tertiary/aromatic N) is 2. The Morgan fingerprint density at radius 3 is 2.96 bits per heavy atom. The van der Waals surface area contributed by atoms with Crippen LogP contribution in [0.2, 0.25) is 0 Å². The molecule has 1 aromatic carbocycles. The Balaban J connectivity index is 1.65. The monoisotopic (exact) mass is 334 g/mol. The van der Waals surface area contributed by atoms with Crippen LogP contribution in [-0.2, 0) is 4.74 Å². The summed E-state index contributed by atoms with van der Waals surface area (Å²) in [6.45, 7) is 1.13. The first-order valence-corrected chi connectivity index (χ1v) is 7.57. The molecule has 2 heterocycles. The molecule has 3 rings (SSSR count). The third-order valence-corrected chi connectivity index (χ3v) is 3.58. The fraction of sp³-hybridized carbons (Fsp3) is 0.312. The zero-order valence-corrected chi connectivity index (χ0v) is 12.8. The average Bonchev–Trinajstić information content (AvgIpc) is 3.09. The third-order valence-electron chi connectivity index (χ3n) is 3.58. The molecule has 0 radical (unpaired) electrons. The molecule has 1 aromatic heterocycles. The lowest BCUT2D eigenvalue weighted by atomic mass is 10.2. The zero-order chi connectivity index (χ0) is 16.9. The highest BCUT2D eigenvalue weighted by Crippen LogP contribution is 2.18. The molecule has 1 fully saturated rings. The first kappa shape index (κ1) is 16.3. The van der Waals surface area contributed by atoms with E-state index >= 15 is 0 Å². The Hall–Kier alpha value is -2.61. The summed E-state index contributed by atoms with van der Waals surface area (Å²) in [5.41, 5.74) is 0.168. The molecule has 0 spiro atoms. The predicted molar refractivity (Wildman–Crippen MR) is 83.0 cm³/mol. The van der Waals surface area contributed by atoms with Crippen LogP contribution in [0.5, 0.6) is 0 Å². The second kappa shape index (κ2) is 7.31. The Kier molecular flexibility index (Phi) is 4.95. The van der Waals surface area contributed by atoms with Gasteiger partial charge in [0.25, 0.3) is 5.91 Å². The summed E-state index contributed by atoms with van der Waals surface area (Å²) < 4.78 is 32.0. The summed E-state index contributed by atoms with van der Waals surface area (Å²) in [5, 5.41) is 5.37. The van der Waals surface area contributed by atoms with Crippen molar-refractivity contribution in [2.75, 3.05) is 18.5 Å². The molecule has 1 aliphatic rings. The number of aromatic nitrogens is 2. The molecule has 2 N–H and O–H groups in total. The molecule has 2 aromatic rings. The Morgan fingerprint density at radius 1 is 1.33 bits per heavy atom. The van der Waals surface area contributed by atoms with E-state index in [1.54, 1.807) is 0 Å². The first-order valence-electron chi connectivity index (χ1n) is 7.57. The van der Waals surface area contributed by atoms with Crippen molar-refractivity contribution in [1.29, 1.82) is 0 Å². The minimum Gasteiger partial charge on any atom is -0.376 e. The van der Waals surface area contributed by atoms with Crippen LogP contribution in [0.25, 0.3) is 0 Å². The van der Waals surface area contributed by atoms with E-state index in [9.17, 15) is 13.6 Å². The number of benzene rings is 1. The molecule has 24 heavy (non-hydrogen) atoms. The van der Waals surface area contributed by atoms with Gasteiger partial charge in [-0.05, 0) is 31.0 Å². The molecular weight excluding hydrogens is 318 g/mol. The second-order valence-electron chi connectivity index (χ2n) is 5.36. The molecule has 1 saturated heterocycles. The van der Waals surface area contributed by atoms with Gasteiger partial charge < -0.3 is 15.4 Å². The van der Waals surface area contributed by atoms with Crippen LogP contribution < -0.4 is 10.6 Å². The summed E-state index contributed by atoms with van der Waals surface area (Å²) in [5.74, 6) is -1.77. The molecule has 0 bridgehead atoms. The lowest BCUT2D eigenvalue weighted by Crippen LogP contribution is -2.32. The molecule has 6 nitrogen and oxygen atoms in total. The number of carbonyl (C=O) groups excluding carboxylic acids is 1. The summed E-state index contributed by atoms with van der Waals surface area (Å²) in [4.78, 5) is 20.1. The van der Waals surface area contributed by atoms with Crippen molar-refractivity contribution in [2.45, 2.75) is 18.9 Å². The Morgan fingerprint density at radius 2 is 2.21 bits per heavy atom. The van der Waals surface area contributed by atoms with Crippen LogP contribution >= 0.6 is 0 Å². The van der Waals surface area contributed by atoms with E-state index in [4.69, 9.17) is 4.74 Å². The van der Waals surface area contributed by atoms with E-state index in [2.05, 4.69) is 20.6 Å². The number of rotatable bonds is 5. The largest absolute Gasteiger partial charge is 0.376 e. The van der Waals surface area contributed by atoms with Crippen LogP contribution in [0, 0.1) is 11.6 Å². The highest BCUT2D eigenvalue weighted by atomic mass is 19.1. The van der Waals surface area contributed by atoms with Gasteiger partial charge in [-0.2, -0.15) is 0 Å². The van der Waals surface area contributed by atoms with Gasteiger partial charge in [0.15, 0.2) is 0 Å². The number of hydrogen-bond donors (Lipinski definition) is 2. The van der Waals surface area contributed by atoms with Gasteiger partial charge in [0.05, 0.1) is 11.8 Å². The van der Waals surface area contributed by atoms with Crippen molar-refractivity contribution in [1.82, 2.24) is 15.3 Å². The summed E-state index contributed by atoms with van der Waals surface area (Å²) in [7, 11) is 0. The number of ether oxygens (including phenoxy) is 1. The fourth-order valence-electron chi connectivity index (χ4n) is 2.36. The molecular formula is C16H16F2N4O2. The molecule has 8 heteroatoms. The number of nitrogens with one attached hydrogen (secondary N) is 2. The second-order valence-corrected chi connectivity index (χ2v) is 5.36. The van der Waals surface area contributed by atoms with E-state index in [1.165, 1.54) is 18.3 Å². The van der Waals surface area contributed by atoms with Crippen LogP contribution in [0.3, 0.4) is 0 Å². The van der Waals surface area contributed by atoms with Crippen LogP contribution in [0.15, 0.2) is 30.5 Å². The molecule has 1 atom stereocenters. The van der Waals surface area contributed by atoms with Gasteiger partial charge in [0.1, 0.15) is 17.3 Å². The van der Waals surface area contributed by atoms with E-state index in [0.29, 0.717) is 13.2 Å². The number of halogens is 2. The summed E-state index contributed by atoms with van der Waals surface area (Å²) >= 11 is 0. The first-order chi connectivity index (χ1) is 11.6. The van der Waals surface area contributed by atoms with Crippen LogP contribution in [-0.4, -0.2) is 35.1 Å². The highest BCUT2D eigenvalue weighted by Gasteiger charge is 2.17. The molecule has 1 unspecified atom stereocenters.